The summed E-state index contributed by atoms with van der Waals surface area (Å²) in [7, 11) is -5.38. The molecule has 1 aliphatic carbocycles. The van der Waals surface area contributed by atoms with Crippen molar-refractivity contribution in [2.24, 2.45) is 5.73 Å². The number of phosphoric acid groups is 1. The number of carbonyl (C=O) groups excluding carboxylic acids is 1. The van der Waals surface area contributed by atoms with Crippen LogP contribution in [0.25, 0.3) is 0 Å². The molecule has 2 fully saturated rings. The van der Waals surface area contributed by atoms with E-state index in [1.54, 1.807) is 0 Å². The maximum Gasteiger partial charge on any atom is 0.472 e. The summed E-state index contributed by atoms with van der Waals surface area (Å²) >= 11 is 0. The van der Waals surface area contributed by atoms with Crippen LogP contribution in [0.5, 0.6) is 0 Å². The maximum absolute atomic E-state index is 13.6. The Morgan fingerprint density at radius 2 is 0.920 bits per heavy atom. The zero-order valence-electron chi connectivity index (χ0n) is 46.6. The largest absolute Gasteiger partial charge is 0.472 e. The number of aliphatic hydroxyl groups is 9. The second-order valence-corrected chi connectivity index (χ2v) is 23.5. The number of amides is 1. The molecule has 75 heavy (non-hydrogen) atoms. The number of hydrogen-bond donors (Lipinski definition) is 12. The van der Waals surface area contributed by atoms with Gasteiger partial charge in [-0.2, -0.15) is 0 Å². The Balaban J connectivity index is 1.86. The molecule has 15 atom stereocenters. The number of nitrogens with two attached hydrogens (primary N) is 1. The summed E-state index contributed by atoms with van der Waals surface area (Å²) in [5.74, 6) is -0.467. The third-order valence-corrected chi connectivity index (χ3v) is 16.4. The zero-order chi connectivity index (χ0) is 55.3. The van der Waals surface area contributed by atoms with E-state index in [0.29, 0.717) is 12.8 Å². The highest BCUT2D eigenvalue weighted by atomic mass is 31.2. The van der Waals surface area contributed by atoms with Gasteiger partial charge in [0, 0.05) is 6.42 Å². The van der Waals surface area contributed by atoms with E-state index in [-0.39, 0.29) is 12.8 Å². The second kappa shape index (κ2) is 42.9. The van der Waals surface area contributed by atoms with Gasteiger partial charge in [-0.15, -0.1) is 0 Å². The van der Waals surface area contributed by atoms with Crippen LogP contribution >= 0.6 is 7.82 Å². The van der Waals surface area contributed by atoms with Gasteiger partial charge < -0.3 is 71.4 Å². The molecule has 0 aromatic rings. The lowest BCUT2D eigenvalue weighted by atomic mass is 9.84. The molecule has 0 aromatic heterocycles. The number of carbonyl (C=O) groups is 1. The quantitative estimate of drug-likeness (QED) is 0.0204. The van der Waals surface area contributed by atoms with Gasteiger partial charge in [0.2, 0.25) is 5.91 Å². The Kier molecular flexibility index (Phi) is 40.2. The number of rotatable bonds is 48. The normalized spacial score (nSPS) is 27.2. The van der Waals surface area contributed by atoms with Crippen molar-refractivity contribution >= 4 is 13.7 Å². The monoisotopic (exact) mass is 1100 g/mol. The van der Waals surface area contributed by atoms with E-state index in [9.17, 15) is 60.2 Å². The third kappa shape index (κ3) is 29.9. The topological polar surface area (TPSA) is 311 Å². The predicted molar refractivity (Wildman–Crippen MR) is 291 cm³/mol. The van der Waals surface area contributed by atoms with Crippen LogP contribution in [0.15, 0.2) is 0 Å². The SMILES string of the molecule is CCCCCCCCCCCCCCCCCCCCCCCCCC(=O)N[C@@H](COP(=O)(O)O[C@H]1C(O[C@H]2OC(CO)[C@@H](O)C(O)C2N)C(O)C(O)[C@@H](O)C1O)[C@H](O)[C@H](O)CCCCCCCCCCCCCC. The number of phosphoric ester groups is 1. The lowest BCUT2D eigenvalue weighted by molar-refractivity contribution is -0.315. The average Bonchev–Trinajstić information content (AvgIpc) is 3.39. The van der Waals surface area contributed by atoms with Crippen LogP contribution in [-0.2, 0) is 27.9 Å². The molecule has 8 unspecified atom stereocenters. The molecule has 18 nitrogen and oxygen atoms in total. The summed E-state index contributed by atoms with van der Waals surface area (Å²) in [6.45, 7) is 2.83. The molecule has 0 aromatic carbocycles. The van der Waals surface area contributed by atoms with Crippen molar-refractivity contribution in [2.75, 3.05) is 13.2 Å². The molecule has 1 amide bonds. The van der Waals surface area contributed by atoms with Crippen molar-refractivity contribution in [3.63, 3.8) is 0 Å². The minimum Gasteiger partial charge on any atom is -0.394 e. The number of aliphatic hydroxyl groups excluding tert-OH is 9. The van der Waals surface area contributed by atoms with Gasteiger partial charge in [0.15, 0.2) is 6.29 Å². The molecule has 1 saturated carbocycles. The Morgan fingerprint density at radius 1 is 0.547 bits per heavy atom. The van der Waals surface area contributed by atoms with Crippen molar-refractivity contribution in [3.8, 4) is 0 Å². The summed E-state index contributed by atoms with van der Waals surface area (Å²) in [4.78, 5) is 24.3. The van der Waals surface area contributed by atoms with E-state index in [1.807, 2.05) is 0 Å². The first-order chi connectivity index (χ1) is 36.1. The maximum atomic E-state index is 13.6. The average molecular weight is 1100 g/mol. The molecule has 19 heteroatoms. The standard InChI is InChI=1S/C56H111N2O16P/c1-3-5-7-9-11-13-15-17-18-19-20-21-22-23-24-25-26-27-29-31-33-35-37-39-45(61)58-42(47(62)43(60)38-36-34-32-30-28-16-14-12-10-8-6-4-2)41-71-75(69,70)74-55-53(68)51(66)50(65)52(67)54(55)73-56-46(57)49(64)48(63)44(40-59)72-56/h42-44,46-56,59-60,62-68H,3-41,57H2,1-2H3,(H,58,61)(H,69,70)/t42-,43+,44?,46?,47-,48+,49?,50?,51+,52?,53?,54?,55+,56+/m0/s1. The van der Waals surface area contributed by atoms with Crippen molar-refractivity contribution in [1.29, 1.82) is 0 Å². The first-order valence-corrected chi connectivity index (χ1v) is 31.7. The molecule has 1 heterocycles. The van der Waals surface area contributed by atoms with Gasteiger partial charge in [0.05, 0.1) is 31.4 Å². The zero-order valence-corrected chi connectivity index (χ0v) is 47.5. The lowest BCUT2D eigenvalue weighted by Crippen LogP contribution is -2.68. The van der Waals surface area contributed by atoms with Gasteiger partial charge in [0.25, 0.3) is 0 Å². The van der Waals surface area contributed by atoms with E-state index in [1.165, 1.54) is 161 Å². The van der Waals surface area contributed by atoms with E-state index >= 15 is 0 Å². The number of nitrogens with one attached hydrogen (secondary N) is 1. The Hall–Kier alpha value is -0.900. The molecular formula is C56H111N2O16P. The highest BCUT2D eigenvalue weighted by molar-refractivity contribution is 7.47. The summed E-state index contributed by atoms with van der Waals surface area (Å²) in [5.41, 5.74) is 5.98. The van der Waals surface area contributed by atoms with Gasteiger partial charge >= 0.3 is 7.82 Å². The van der Waals surface area contributed by atoms with E-state index in [2.05, 4.69) is 19.2 Å². The molecule has 0 spiro atoms. The second-order valence-electron chi connectivity index (χ2n) is 22.1. The number of hydrogen-bond acceptors (Lipinski definition) is 16. The highest BCUT2D eigenvalue weighted by Crippen LogP contribution is 2.48. The summed E-state index contributed by atoms with van der Waals surface area (Å²) in [6.07, 6.45) is 20.3. The molecule has 1 aliphatic heterocycles. The fraction of sp³-hybridized carbons (Fsp3) is 0.982. The number of ether oxygens (including phenoxy) is 2. The fourth-order valence-electron chi connectivity index (χ4n) is 10.4. The lowest BCUT2D eigenvalue weighted by Gasteiger charge is -2.47. The summed E-state index contributed by atoms with van der Waals surface area (Å²) in [5, 5.41) is 98.3. The molecular weight excluding hydrogens is 988 g/mol. The first kappa shape index (κ1) is 70.2. The van der Waals surface area contributed by atoms with Crippen molar-refractivity contribution in [3.05, 3.63) is 0 Å². The fourth-order valence-corrected chi connectivity index (χ4v) is 11.4. The molecule has 13 N–H and O–H groups in total. The van der Waals surface area contributed by atoms with Gasteiger partial charge in [-0.25, -0.2) is 4.57 Å². The van der Waals surface area contributed by atoms with Crippen molar-refractivity contribution < 1.29 is 78.7 Å². The van der Waals surface area contributed by atoms with Crippen molar-refractivity contribution in [1.82, 2.24) is 5.32 Å². The summed E-state index contributed by atoms with van der Waals surface area (Å²) in [6, 6.07) is -2.92. The van der Waals surface area contributed by atoms with Gasteiger partial charge in [0.1, 0.15) is 61.0 Å². The van der Waals surface area contributed by atoms with Gasteiger partial charge in [-0.3, -0.25) is 13.8 Å². The first-order valence-electron chi connectivity index (χ1n) is 30.2. The van der Waals surface area contributed by atoms with E-state index in [4.69, 9.17) is 24.3 Å². The Bertz CT molecular complexity index is 1430. The molecule has 0 radical (unpaired) electrons. The van der Waals surface area contributed by atoms with Gasteiger partial charge in [-0.05, 0) is 12.8 Å². The van der Waals surface area contributed by atoms with Crippen LogP contribution in [-0.4, -0.2) is 155 Å². The van der Waals surface area contributed by atoms with E-state index < -0.39 is 112 Å². The summed E-state index contributed by atoms with van der Waals surface area (Å²) < 4.78 is 35.2. The van der Waals surface area contributed by atoms with E-state index in [0.717, 1.165) is 51.4 Å². The molecule has 2 aliphatic rings. The third-order valence-electron chi connectivity index (χ3n) is 15.5. The minimum absolute atomic E-state index is 0.101. The van der Waals surface area contributed by atoms with Gasteiger partial charge in [-0.1, -0.05) is 232 Å². The molecule has 0 bridgehead atoms. The smallest absolute Gasteiger partial charge is 0.394 e. The van der Waals surface area contributed by atoms with Crippen LogP contribution in [0, 0.1) is 0 Å². The molecule has 446 valence electrons. The molecule has 2 rings (SSSR count). The molecule has 1 saturated heterocycles. The minimum atomic E-state index is -5.38. The van der Waals surface area contributed by atoms with Crippen LogP contribution in [0.2, 0.25) is 0 Å². The predicted octanol–water partition coefficient (Wildman–Crippen LogP) is 7.78. The highest BCUT2D eigenvalue weighted by Gasteiger charge is 2.55. The van der Waals surface area contributed by atoms with Crippen LogP contribution in [0.3, 0.4) is 0 Å². The van der Waals surface area contributed by atoms with Crippen LogP contribution in [0.1, 0.15) is 251 Å². The Morgan fingerprint density at radius 3 is 1.32 bits per heavy atom. The number of unbranched alkanes of at least 4 members (excludes halogenated alkanes) is 33. The van der Waals surface area contributed by atoms with Crippen LogP contribution in [0.4, 0.5) is 0 Å². The Labute approximate surface area is 452 Å². The van der Waals surface area contributed by atoms with Crippen molar-refractivity contribution in [2.45, 2.75) is 337 Å². The van der Waals surface area contributed by atoms with Crippen LogP contribution < -0.4 is 11.1 Å².